The van der Waals surface area contributed by atoms with E-state index in [1.54, 1.807) is 0 Å². The van der Waals surface area contributed by atoms with Crippen LogP contribution in [0.5, 0.6) is 0 Å². The number of allylic oxidation sites excluding steroid dienone is 6. The second-order valence-corrected chi connectivity index (χ2v) is 18.0. The van der Waals surface area contributed by atoms with E-state index in [-0.39, 0.29) is 36.2 Å². The van der Waals surface area contributed by atoms with Gasteiger partial charge in [0.1, 0.15) is 6.61 Å². The predicted molar refractivity (Wildman–Crippen MR) is 252 cm³/mol. The normalized spacial score (nSPS) is 13.2. The second kappa shape index (κ2) is 43.2. The highest BCUT2D eigenvalue weighted by Crippen LogP contribution is 2.16. The summed E-state index contributed by atoms with van der Waals surface area (Å²) in [5.41, 5.74) is 0. The number of esters is 2. The molecular formula is C52H96NO7+. The van der Waals surface area contributed by atoms with E-state index in [1.807, 2.05) is 21.1 Å². The number of carboxylic acids is 1. The molecule has 60 heavy (non-hydrogen) atoms. The number of carboxylic acid groups (broad SMARTS) is 1. The van der Waals surface area contributed by atoms with Crippen LogP contribution < -0.4 is 0 Å². The zero-order valence-corrected chi connectivity index (χ0v) is 39.9. The number of aliphatic carboxylic acids is 1. The smallest absolute Gasteiger partial charge is 0.362 e. The van der Waals surface area contributed by atoms with Gasteiger partial charge in [0, 0.05) is 19.3 Å². The van der Waals surface area contributed by atoms with E-state index >= 15 is 0 Å². The number of hydrogen-bond acceptors (Lipinski definition) is 6. The van der Waals surface area contributed by atoms with Gasteiger partial charge in [-0.25, -0.2) is 4.79 Å². The molecule has 0 bridgehead atoms. The number of carbonyl (C=O) groups is 3. The van der Waals surface area contributed by atoms with Crippen molar-refractivity contribution in [2.45, 2.75) is 238 Å². The molecule has 0 aliphatic carbocycles. The fourth-order valence-electron chi connectivity index (χ4n) is 7.42. The predicted octanol–water partition coefficient (Wildman–Crippen LogP) is 14.2. The van der Waals surface area contributed by atoms with Crippen molar-refractivity contribution in [3.63, 3.8) is 0 Å². The highest BCUT2D eigenvalue weighted by Gasteiger charge is 2.31. The van der Waals surface area contributed by atoms with Crippen molar-refractivity contribution in [3.8, 4) is 0 Å². The molecule has 0 heterocycles. The molecule has 0 aromatic carbocycles. The zero-order valence-electron chi connectivity index (χ0n) is 39.9. The first-order valence-corrected chi connectivity index (χ1v) is 25.0. The summed E-state index contributed by atoms with van der Waals surface area (Å²) in [6.45, 7) is 4.64. The van der Waals surface area contributed by atoms with E-state index in [0.717, 1.165) is 51.4 Å². The number of nitrogens with zero attached hydrogens (tertiary/aromatic N) is 1. The largest absolute Gasteiger partial charge is 0.477 e. The van der Waals surface area contributed by atoms with Crippen LogP contribution in [0.25, 0.3) is 0 Å². The molecule has 1 N–H and O–H groups in total. The van der Waals surface area contributed by atoms with Gasteiger partial charge in [0.05, 0.1) is 34.4 Å². The lowest BCUT2D eigenvalue weighted by Gasteiger charge is -2.31. The molecule has 0 spiro atoms. The van der Waals surface area contributed by atoms with Crippen LogP contribution in [0, 0.1) is 0 Å². The first-order chi connectivity index (χ1) is 29.1. The molecule has 8 heteroatoms. The second-order valence-electron chi connectivity index (χ2n) is 18.0. The minimum absolute atomic E-state index is 0.0507. The van der Waals surface area contributed by atoms with E-state index < -0.39 is 18.1 Å². The van der Waals surface area contributed by atoms with Gasteiger partial charge in [0.2, 0.25) is 0 Å². The third-order valence-corrected chi connectivity index (χ3v) is 11.3. The molecule has 8 nitrogen and oxygen atoms in total. The Balaban J connectivity index is 4.22. The molecule has 0 amide bonds. The number of carbonyl (C=O) groups excluding carboxylic acids is 2. The number of likely N-dealkylation sites (N-methyl/N-ethyl adjacent to an activating group) is 1. The lowest BCUT2D eigenvalue weighted by Crippen LogP contribution is -2.50. The van der Waals surface area contributed by atoms with Gasteiger partial charge in [0.25, 0.3) is 0 Å². The van der Waals surface area contributed by atoms with Gasteiger partial charge < -0.3 is 23.8 Å². The molecule has 0 rings (SSSR count). The first kappa shape index (κ1) is 57.5. The Bertz CT molecular complexity index is 1080. The van der Waals surface area contributed by atoms with Crippen LogP contribution in [0.4, 0.5) is 0 Å². The fraction of sp³-hybridized carbons (Fsp3) is 0.827. The molecular weight excluding hydrogens is 751 g/mol. The van der Waals surface area contributed by atoms with E-state index in [1.165, 1.54) is 141 Å². The molecule has 0 fully saturated rings. The molecule has 2 unspecified atom stereocenters. The Kier molecular flexibility index (Phi) is 41.4. The number of quaternary nitrogens is 1. The van der Waals surface area contributed by atoms with Crippen molar-refractivity contribution in [2.75, 3.05) is 41.0 Å². The minimum atomic E-state index is -0.874. The molecule has 350 valence electrons. The Morgan fingerprint density at radius 3 is 1.38 bits per heavy atom. The van der Waals surface area contributed by atoms with E-state index in [4.69, 9.17) is 14.2 Å². The summed E-state index contributed by atoms with van der Waals surface area (Å²) < 4.78 is 17.3. The van der Waals surface area contributed by atoms with Gasteiger partial charge in [-0.05, 0) is 64.2 Å². The van der Waals surface area contributed by atoms with Crippen molar-refractivity contribution < 1.29 is 38.2 Å². The number of hydrogen-bond donors (Lipinski definition) is 1. The quantitative estimate of drug-likeness (QED) is 0.0282. The van der Waals surface area contributed by atoms with Gasteiger partial charge >= 0.3 is 17.9 Å². The fourth-order valence-corrected chi connectivity index (χ4v) is 7.42. The van der Waals surface area contributed by atoms with Crippen molar-refractivity contribution in [2.24, 2.45) is 0 Å². The third-order valence-electron chi connectivity index (χ3n) is 11.3. The van der Waals surface area contributed by atoms with E-state index in [2.05, 4.69) is 50.3 Å². The van der Waals surface area contributed by atoms with Crippen LogP contribution in [0.2, 0.25) is 0 Å². The molecule has 0 aliphatic rings. The summed E-state index contributed by atoms with van der Waals surface area (Å²) >= 11 is 0. The summed E-state index contributed by atoms with van der Waals surface area (Å²) in [7, 11) is 5.54. The summed E-state index contributed by atoms with van der Waals surface area (Å²) in [6.07, 6.45) is 50.5. The van der Waals surface area contributed by atoms with Crippen molar-refractivity contribution in [1.82, 2.24) is 0 Å². The molecule has 0 radical (unpaired) electrons. The SMILES string of the molecule is CC/C=C/C/C=C/CCCCCCCCCCCCCCCCC(=O)OC(COCCC(C(=O)O)[N+](C)(C)C)COC(=O)CCCCCCCCC/C=C/CCCCCC. The molecule has 2 atom stereocenters. The lowest BCUT2D eigenvalue weighted by atomic mass is 10.0. The van der Waals surface area contributed by atoms with Crippen molar-refractivity contribution in [1.29, 1.82) is 0 Å². The zero-order chi connectivity index (χ0) is 44.2. The number of unbranched alkanes of at least 4 members (excludes halogenated alkanes) is 25. The highest BCUT2D eigenvalue weighted by molar-refractivity contribution is 5.72. The maximum Gasteiger partial charge on any atom is 0.362 e. The number of ether oxygens (including phenoxy) is 3. The molecule has 0 aromatic rings. The average Bonchev–Trinajstić information content (AvgIpc) is 3.21. The van der Waals surface area contributed by atoms with Crippen molar-refractivity contribution >= 4 is 17.9 Å². The Labute approximate surface area is 370 Å². The lowest BCUT2D eigenvalue weighted by molar-refractivity contribution is -0.887. The summed E-state index contributed by atoms with van der Waals surface area (Å²) in [5, 5.41) is 9.64. The Morgan fingerprint density at radius 2 is 0.933 bits per heavy atom. The van der Waals surface area contributed by atoms with Gasteiger partial charge in [-0.1, -0.05) is 179 Å². The first-order valence-electron chi connectivity index (χ1n) is 25.0. The third kappa shape index (κ3) is 40.9. The van der Waals surface area contributed by atoms with Crippen LogP contribution in [0.15, 0.2) is 36.5 Å². The maximum absolute atomic E-state index is 12.8. The molecule has 0 saturated carbocycles. The van der Waals surface area contributed by atoms with Crippen LogP contribution in [0.3, 0.4) is 0 Å². The maximum atomic E-state index is 12.8. The summed E-state index contributed by atoms with van der Waals surface area (Å²) in [6, 6.07) is -0.614. The molecule has 0 saturated heterocycles. The van der Waals surface area contributed by atoms with Crippen LogP contribution >= 0.6 is 0 Å². The number of rotatable bonds is 45. The van der Waals surface area contributed by atoms with Crippen molar-refractivity contribution in [3.05, 3.63) is 36.5 Å². The summed E-state index contributed by atoms with van der Waals surface area (Å²) in [4.78, 5) is 37.1. The van der Waals surface area contributed by atoms with E-state index in [9.17, 15) is 19.5 Å². The highest BCUT2D eigenvalue weighted by atomic mass is 16.6. The summed E-state index contributed by atoms with van der Waals surface area (Å²) in [5.74, 6) is -1.46. The van der Waals surface area contributed by atoms with Gasteiger partial charge in [-0.15, -0.1) is 0 Å². The van der Waals surface area contributed by atoms with Gasteiger partial charge in [-0.2, -0.15) is 0 Å². The minimum Gasteiger partial charge on any atom is -0.477 e. The standard InChI is InChI=1S/C52H95NO7/c1-6-8-10-12-14-16-18-20-22-23-24-25-26-27-29-31-33-35-37-39-41-43-51(55)60-48(46-58-45-44-49(52(56)57)53(3,4)5)47-59-50(54)42-40-38-36-34-32-30-28-21-19-17-15-13-11-9-7-2/h8,10,14,16-17,19,48-49H,6-7,9,11-13,15,18,20-47H2,1-5H3/p+1/b10-8+,16-14+,19-17+. The van der Waals surface area contributed by atoms with Crippen LogP contribution in [0.1, 0.15) is 226 Å². The Morgan fingerprint density at radius 1 is 0.517 bits per heavy atom. The average molecular weight is 847 g/mol. The monoisotopic (exact) mass is 847 g/mol. The van der Waals surface area contributed by atoms with Gasteiger partial charge in [0.15, 0.2) is 12.1 Å². The van der Waals surface area contributed by atoms with Gasteiger partial charge in [-0.3, -0.25) is 9.59 Å². The van der Waals surface area contributed by atoms with E-state index in [0.29, 0.717) is 19.3 Å². The molecule has 0 aliphatic heterocycles. The topological polar surface area (TPSA) is 99.1 Å². The van der Waals surface area contributed by atoms with Crippen LogP contribution in [-0.2, 0) is 28.6 Å². The Hall–Kier alpha value is -2.45. The molecule has 0 aromatic heterocycles. The van der Waals surface area contributed by atoms with Crippen LogP contribution in [-0.4, -0.2) is 80.6 Å².